The summed E-state index contributed by atoms with van der Waals surface area (Å²) >= 11 is 0. The number of aliphatic carboxylic acids is 7. The van der Waals surface area contributed by atoms with Crippen molar-refractivity contribution in [3.8, 4) is 0 Å². The van der Waals surface area contributed by atoms with Crippen LogP contribution in [0.2, 0.25) is 0 Å². The Kier molecular flexibility index (Phi) is 85.8. The molecular formula is C92H156N8O25Pt5-4. The van der Waals surface area contributed by atoms with Gasteiger partial charge in [0.2, 0.25) is 11.8 Å². The Balaban J connectivity index is -0.000000221. The van der Waals surface area contributed by atoms with Gasteiger partial charge in [-0.15, -0.1) is 13.0 Å². The first-order chi connectivity index (χ1) is 58.5. The molecule has 0 radical (unpaired) electrons. The van der Waals surface area contributed by atoms with E-state index in [1.165, 1.54) is 122 Å². The zero-order valence-electron chi connectivity index (χ0n) is 78.0. The van der Waals surface area contributed by atoms with Gasteiger partial charge in [-0.05, 0) is 91.4 Å². The first-order valence-electron chi connectivity index (χ1n) is 44.7. The summed E-state index contributed by atoms with van der Waals surface area (Å²) < 4.78 is 10.2. The van der Waals surface area contributed by atoms with Gasteiger partial charge in [0.25, 0.3) is 5.97 Å². The summed E-state index contributed by atoms with van der Waals surface area (Å²) in [6.07, 6.45) is 37.6. The molecule has 130 heavy (non-hydrogen) atoms. The van der Waals surface area contributed by atoms with Crippen molar-refractivity contribution in [2.75, 3.05) is 39.5 Å². The number of nitrogens with zero attached hydrogens (tertiary/aromatic N) is 1. The van der Waals surface area contributed by atoms with Crippen LogP contribution in [0, 0.1) is 78.9 Å². The van der Waals surface area contributed by atoms with E-state index < -0.39 is 118 Å². The minimum atomic E-state index is -1.73. The molecule has 8 aliphatic rings. The Morgan fingerprint density at radius 1 is 0.623 bits per heavy atom. The average Bonchev–Trinajstić information content (AvgIpc) is 0.925. The number of carbonyl (C=O) groups excluding carboxylic acids is 7. The molecule has 38 heteroatoms. The van der Waals surface area contributed by atoms with Crippen LogP contribution in [-0.4, -0.2) is 205 Å². The number of ether oxygens (including phenoxy) is 2. The zero-order chi connectivity index (χ0) is 96.3. The number of carboxylic acid groups (broad SMARTS) is 7. The van der Waals surface area contributed by atoms with Crippen molar-refractivity contribution in [3.63, 3.8) is 0 Å². The summed E-state index contributed by atoms with van der Waals surface area (Å²) in [5, 5.41) is 95.7. The molecule has 768 valence electrons. The number of aliphatic hydroxyl groups excluding tert-OH is 3. The largest absolute Gasteiger partial charge is 2.00 e. The van der Waals surface area contributed by atoms with Crippen molar-refractivity contribution in [2.45, 2.75) is 362 Å². The fourth-order valence-electron chi connectivity index (χ4n) is 14.0. The molecule has 0 aromatic carbocycles. The summed E-state index contributed by atoms with van der Waals surface area (Å²) in [6.45, 7) is 33.9. The Labute approximate surface area is 846 Å². The molecule has 0 aromatic heterocycles. The number of hydrogen-bond acceptors (Lipinski definition) is 19. The first kappa shape index (κ1) is 141. The molecular weight excluding hydrogens is 2590 g/mol. The SMILES string of the molecule is C=C1OC(C)C(O)=C1C(C)=O.CC(=O)O.CCC(C)(C(=O)CCC(C)O)C(C)(C)C(=O)NCC(=O)CCC(=O)NCC(=O)[N-]C(CO)C(=O)[O-].CCCCCCCCCCC(=O)O.O=C(O)C1(C(=O)O)CCC1.O=C(O)C1(C(=O)O)CCC1.[CH2-]CC1(C[NH-])CCOCC1.[CH2-]CC[C@@H]1[CH-]CCC1.[CH2-][C@@H]1CCCC[C@H]1[NH-].[CH2-][C@@H]1CCCC[C@H]1[NH-].[NH-]C1CCCC[C@H]1[NH-].[Pt+2].[Pt+2].[Pt+2].[Pt+2].[Pt]. The number of rotatable bonds is 35. The van der Waals surface area contributed by atoms with Gasteiger partial charge in [-0.1, -0.05) is 187 Å². The Bertz CT molecular complexity index is 3090. The summed E-state index contributed by atoms with van der Waals surface area (Å²) in [6, 6.07) is -1.60. The molecule has 7 fully saturated rings. The average molecular weight is 2750 g/mol. The van der Waals surface area contributed by atoms with E-state index in [1.54, 1.807) is 41.5 Å². The van der Waals surface area contributed by atoms with Crippen LogP contribution >= 0.6 is 0 Å². The summed E-state index contributed by atoms with van der Waals surface area (Å²) in [4.78, 5) is 143. The summed E-state index contributed by atoms with van der Waals surface area (Å²) in [5.74, 6) is -8.97. The quantitative estimate of drug-likeness (QED) is 0.0159. The number of ketones is 3. The number of hydrogen-bond donors (Lipinski definition) is 11. The standard InChI is InChI=1S/C23H39N3O9.C11H22O2.C8H15NO.C8H10O3.C8H14.2C7H13N.C6H12N2.2C6H8O4.C2H4O2.5Pt/c1-6-23(5,17(30)9-7-14(2)28)22(3,4)21(35)25-11-15(29)8-10-18(31)24-12-19(32)26-16(13-27)20(33)34;1-2-3-4-5-6-7-8-9-10-11(12)13;1-2-8(7-9)3-5-10-6-4-8;1-4(9)7-5(2)11-6(3)8(7)10;1-2-5-8-6-3-4-7-8;2*1-6-4-2-3-5-7(6)8;7-5-3-1-2-4-6(5)8;2*7-4(8)6(5(9)10)2-1-3-6;1-2(3)4;;;;;/h14,16,27-28H,6-13H2,1-5H3,(H4,24,25,26,31,32,33,34,35);2-10H2,1H3,(H,12,13);9H,1-7H2;6,10H,2H2,1,3H3;6,8H,1-5,7H2;2*6-8H,1-5H2;5-8H,1-4H2;2*1-3H2,(H,7,8)(H,9,10);1H3,(H,3,4);;;;;/q;;-2;;4*-2;;;;;4*+2/p-2/t;;;;8-;2*6-,7-;5-,6?;;;;;;;;/m....1111......../s1. The number of amides is 3. The van der Waals surface area contributed by atoms with E-state index >= 15 is 0 Å². The van der Waals surface area contributed by atoms with Crippen molar-refractivity contribution in [3.05, 3.63) is 91.8 Å². The van der Waals surface area contributed by atoms with E-state index in [0.29, 0.717) is 44.1 Å². The molecule has 0 spiro atoms. The van der Waals surface area contributed by atoms with E-state index in [4.69, 9.17) is 78.7 Å². The van der Waals surface area contributed by atoms with E-state index in [1.807, 2.05) is 0 Å². The third-order valence-electron chi connectivity index (χ3n) is 24.1. The Morgan fingerprint density at radius 3 is 1.33 bits per heavy atom. The minimum absolute atomic E-state index is 0. The molecule has 1 saturated heterocycles. The molecule has 6 saturated carbocycles. The zero-order valence-corrected chi connectivity index (χ0v) is 89.4. The molecule has 33 nitrogen and oxygen atoms in total. The van der Waals surface area contributed by atoms with E-state index in [0.717, 1.165) is 90.3 Å². The smallest absolute Gasteiger partial charge is 0.677 e. The van der Waals surface area contributed by atoms with Gasteiger partial charge in [0.05, 0.1) is 30.5 Å². The molecule has 8 rings (SSSR count). The van der Waals surface area contributed by atoms with Gasteiger partial charge in [-0.2, -0.15) is 61.2 Å². The van der Waals surface area contributed by atoms with Gasteiger partial charge >= 0.3 is 114 Å². The summed E-state index contributed by atoms with van der Waals surface area (Å²) in [7, 11) is 0. The molecule has 2 aliphatic heterocycles. The van der Waals surface area contributed by atoms with Crippen LogP contribution in [0.1, 0.15) is 319 Å². The fourth-order valence-corrected chi connectivity index (χ4v) is 14.0. The molecule has 16 N–H and O–H groups in total. The molecule has 2 heterocycles. The van der Waals surface area contributed by atoms with Gasteiger partial charge in [0.1, 0.15) is 22.9 Å². The predicted molar refractivity (Wildman–Crippen MR) is 477 cm³/mol. The van der Waals surface area contributed by atoms with Crippen molar-refractivity contribution in [1.29, 1.82) is 0 Å². The topological polar surface area (TPSA) is 603 Å². The van der Waals surface area contributed by atoms with Crippen LogP contribution < -0.4 is 15.7 Å². The second-order valence-electron chi connectivity index (χ2n) is 34.3. The van der Waals surface area contributed by atoms with Crippen molar-refractivity contribution in [1.82, 2.24) is 10.6 Å². The van der Waals surface area contributed by atoms with Crippen LogP contribution in [0.25, 0.3) is 34.0 Å². The van der Waals surface area contributed by atoms with Crippen LogP contribution in [-0.2, 0) is 177 Å². The van der Waals surface area contributed by atoms with Crippen LogP contribution in [0.15, 0.2) is 23.7 Å². The van der Waals surface area contributed by atoms with E-state index in [9.17, 15) is 72.9 Å². The van der Waals surface area contributed by atoms with Gasteiger partial charge in [-0.3, -0.25) is 52.7 Å². The molecule has 0 bridgehead atoms. The molecule has 3 amide bonds. The number of unbranched alkanes of at least 4 members (excludes halogenated alkanes) is 7. The van der Waals surface area contributed by atoms with Crippen LogP contribution in [0.4, 0.5) is 0 Å². The normalized spacial score (nSPS) is 21.5. The number of carboxylic acids is 7. The van der Waals surface area contributed by atoms with Crippen molar-refractivity contribution in [2.24, 2.45) is 44.8 Å². The maximum atomic E-state index is 12.8. The molecule has 6 aliphatic carbocycles. The van der Waals surface area contributed by atoms with Gasteiger partial charge in [0.15, 0.2) is 28.5 Å². The third kappa shape index (κ3) is 58.5. The molecule has 11 atom stereocenters. The third-order valence-corrected chi connectivity index (χ3v) is 24.1. The number of aliphatic hydroxyl groups is 3. The minimum Gasteiger partial charge on any atom is -0.677 e. The predicted octanol–water partition coefficient (Wildman–Crippen LogP) is 16.3. The van der Waals surface area contributed by atoms with Crippen molar-refractivity contribution < 1.29 is 228 Å². The van der Waals surface area contributed by atoms with Crippen LogP contribution in [0.3, 0.4) is 0 Å². The van der Waals surface area contributed by atoms with E-state index in [2.05, 4.69) is 63.6 Å². The van der Waals surface area contributed by atoms with Gasteiger partial charge in [-0.25, -0.2) is 0 Å². The molecule has 5 unspecified atom stereocenters. The summed E-state index contributed by atoms with van der Waals surface area (Å²) in [5.41, 5.74) is 32.1. The Hall–Kier alpha value is -4.09. The Morgan fingerprint density at radius 2 is 1.05 bits per heavy atom. The van der Waals surface area contributed by atoms with Gasteiger partial charge < -0.3 is 149 Å². The number of Topliss-reactive ketones (excluding diaryl/α,β-unsaturated/α-hetero) is 3. The fraction of sp³-hybridized carbons (Fsp3) is 0.761. The maximum Gasteiger partial charge on any atom is 2.00 e. The number of carbonyl (C=O) groups is 13. The number of allylic oxidation sites excluding steroid dienone is 1. The van der Waals surface area contributed by atoms with Gasteiger partial charge in [0, 0.05) is 84.9 Å². The monoisotopic (exact) mass is 2750 g/mol. The second-order valence-corrected chi connectivity index (χ2v) is 34.3. The first-order valence-corrected chi connectivity index (χ1v) is 44.7. The van der Waals surface area contributed by atoms with Crippen molar-refractivity contribution >= 4 is 76.9 Å². The van der Waals surface area contributed by atoms with Crippen LogP contribution in [0.5, 0.6) is 0 Å². The second kappa shape index (κ2) is 78.9. The van der Waals surface area contributed by atoms with E-state index in [-0.39, 0.29) is 221 Å². The maximum absolute atomic E-state index is 12.8. The number of nitrogens with one attached hydrogen (secondary N) is 7. The molecule has 0 aromatic rings.